The molecule has 1 aliphatic carbocycles. The summed E-state index contributed by atoms with van der Waals surface area (Å²) in [6.45, 7) is 2.39. The third-order valence-corrected chi connectivity index (χ3v) is 3.81. The Kier molecular flexibility index (Phi) is 3.69. The van der Waals surface area contributed by atoms with Gasteiger partial charge >= 0.3 is 0 Å². The molecule has 1 aromatic rings. The lowest BCUT2D eigenvalue weighted by atomic mass is 10.0. The van der Waals surface area contributed by atoms with Crippen LogP contribution in [-0.2, 0) is 0 Å². The number of carbonyl (C=O) groups is 1. The van der Waals surface area contributed by atoms with E-state index in [1.807, 2.05) is 6.92 Å². The summed E-state index contributed by atoms with van der Waals surface area (Å²) < 4.78 is 26.2. The molecule has 0 aliphatic heterocycles. The van der Waals surface area contributed by atoms with E-state index in [1.165, 1.54) is 0 Å². The van der Waals surface area contributed by atoms with Crippen molar-refractivity contribution in [2.45, 2.75) is 26.2 Å². The molecule has 7 heteroatoms. The van der Waals surface area contributed by atoms with E-state index in [9.17, 15) is 23.7 Å². The summed E-state index contributed by atoms with van der Waals surface area (Å²) in [7, 11) is 0. The zero-order valence-corrected chi connectivity index (χ0v) is 10.9. The molecule has 1 fully saturated rings. The van der Waals surface area contributed by atoms with E-state index in [-0.39, 0.29) is 5.41 Å². The highest BCUT2D eigenvalue weighted by Crippen LogP contribution is 2.47. The summed E-state index contributed by atoms with van der Waals surface area (Å²) in [5, 5.41) is 13.4. The predicted octanol–water partition coefficient (Wildman–Crippen LogP) is 2.79. The van der Waals surface area contributed by atoms with Crippen molar-refractivity contribution in [1.29, 1.82) is 0 Å². The zero-order valence-electron chi connectivity index (χ0n) is 10.9. The van der Waals surface area contributed by atoms with Crippen LogP contribution in [-0.4, -0.2) is 17.4 Å². The van der Waals surface area contributed by atoms with E-state index in [0.29, 0.717) is 18.7 Å². The molecule has 0 radical (unpaired) electrons. The third kappa shape index (κ3) is 2.76. The summed E-state index contributed by atoms with van der Waals surface area (Å²) in [5.41, 5.74) is -1.13. The average molecular weight is 284 g/mol. The molecule has 0 bridgehead atoms. The molecular formula is C13H14F2N2O3. The summed E-state index contributed by atoms with van der Waals surface area (Å²) in [6, 6.07) is 0.991. The van der Waals surface area contributed by atoms with Gasteiger partial charge in [-0.1, -0.05) is 6.92 Å². The topological polar surface area (TPSA) is 72.2 Å². The number of nitrogens with one attached hydrogen (secondary N) is 1. The number of nitro groups is 1. The van der Waals surface area contributed by atoms with E-state index in [0.717, 1.165) is 19.3 Å². The predicted molar refractivity (Wildman–Crippen MR) is 67.3 cm³/mol. The van der Waals surface area contributed by atoms with Crippen molar-refractivity contribution < 1.29 is 18.5 Å². The van der Waals surface area contributed by atoms with Crippen molar-refractivity contribution in [3.05, 3.63) is 39.4 Å². The molecule has 1 amide bonds. The third-order valence-electron chi connectivity index (χ3n) is 3.81. The Morgan fingerprint density at radius 2 is 2.00 bits per heavy atom. The van der Waals surface area contributed by atoms with Gasteiger partial charge in [0.2, 0.25) is 0 Å². The van der Waals surface area contributed by atoms with Crippen LogP contribution in [0.25, 0.3) is 0 Å². The summed E-state index contributed by atoms with van der Waals surface area (Å²) in [5.74, 6) is -3.38. The number of nitrogens with zero attached hydrogens (tertiary/aromatic N) is 1. The normalized spacial score (nSPS) is 15.8. The van der Waals surface area contributed by atoms with E-state index in [4.69, 9.17) is 0 Å². The Morgan fingerprint density at radius 1 is 1.40 bits per heavy atom. The molecule has 5 nitrogen and oxygen atoms in total. The molecule has 2 rings (SSSR count). The molecule has 0 aromatic heterocycles. The standard InChI is InChI=1S/C13H14F2N2O3/c1-2-13(3-4-13)7-16-12(18)8-5-9(14)10(15)6-11(8)17(19)20/h5-6H,2-4,7H2,1H3,(H,16,18). The van der Waals surface area contributed by atoms with E-state index >= 15 is 0 Å². The number of halogens is 2. The number of nitro benzene ring substituents is 1. The SMILES string of the molecule is CCC1(CNC(=O)c2cc(F)c(F)cc2[N+](=O)[O-])CC1. The highest BCUT2D eigenvalue weighted by molar-refractivity contribution is 5.98. The van der Waals surface area contributed by atoms with Crippen molar-refractivity contribution in [3.63, 3.8) is 0 Å². The Balaban J connectivity index is 2.20. The quantitative estimate of drug-likeness (QED) is 0.667. The Labute approximate surface area is 114 Å². The van der Waals surface area contributed by atoms with Crippen molar-refractivity contribution >= 4 is 11.6 Å². The van der Waals surface area contributed by atoms with Crippen LogP contribution < -0.4 is 5.32 Å². The monoisotopic (exact) mass is 284 g/mol. The van der Waals surface area contributed by atoms with E-state index in [1.54, 1.807) is 0 Å². The molecule has 1 aromatic carbocycles. The molecule has 0 saturated heterocycles. The number of carbonyl (C=O) groups excluding carboxylic acids is 1. The van der Waals surface area contributed by atoms with Gasteiger partial charge in [-0.3, -0.25) is 14.9 Å². The highest BCUT2D eigenvalue weighted by atomic mass is 19.2. The van der Waals surface area contributed by atoms with Crippen LogP contribution in [0.4, 0.5) is 14.5 Å². The molecule has 0 atom stereocenters. The Hall–Kier alpha value is -2.05. The lowest BCUT2D eigenvalue weighted by Gasteiger charge is -2.13. The fourth-order valence-electron chi connectivity index (χ4n) is 2.06. The first-order valence-corrected chi connectivity index (χ1v) is 6.30. The smallest absolute Gasteiger partial charge is 0.285 e. The zero-order chi connectivity index (χ0) is 14.9. The van der Waals surface area contributed by atoms with Crippen LogP contribution in [0.5, 0.6) is 0 Å². The number of rotatable bonds is 5. The van der Waals surface area contributed by atoms with Crippen molar-refractivity contribution in [2.75, 3.05) is 6.54 Å². The summed E-state index contributed by atoms with van der Waals surface area (Å²) in [6.07, 6.45) is 2.88. The van der Waals surface area contributed by atoms with Crippen LogP contribution >= 0.6 is 0 Å². The summed E-state index contributed by atoms with van der Waals surface area (Å²) in [4.78, 5) is 21.8. The number of benzene rings is 1. The van der Waals surface area contributed by atoms with Crippen molar-refractivity contribution in [3.8, 4) is 0 Å². The molecule has 0 heterocycles. The number of hydrogen-bond donors (Lipinski definition) is 1. The van der Waals surface area contributed by atoms with E-state index < -0.39 is 33.7 Å². The van der Waals surface area contributed by atoms with Gasteiger partial charge in [0, 0.05) is 6.54 Å². The second-order valence-electron chi connectivity index (χ2n) is 5.08. The molecular weight excluding hydrogens is 270 g/mol. The summed E-state index contributed by atoms with van der Waals surface area (Å²) >= 11 is 0. The molecule has 0 spiro atoms. The molecule has 0 unspecified atom stereocenters. The van der Waals surface area contributed by atoms with Gasteiger partial charge < -0.3 is 5.32 Å². The Bertz CT molecular complexity index is 571. The second-order valence-corrected chi connectivity index (χ2v) is 5.08. The van der Waals surface area contributed by atoms with Crippen LogP contribution in [0.15, 0.2) is 12.1 Å². The largest absolute Gasteiger partial charge is 0.351 e. The van der Waals surface area contributed by atoms with Gasteiger partial charge in [0.1, 0.15) is 5.56 Å². The van der Waals surface area contributed by atoms with Crippen molar-refractivity contribution in [1.82, 2.24) is 5.32 Å². The first-order chi connectivity index (χ1) is 9.38. The van der Waals surface area contributed by atoms with Gasteiger partial charge in [0.25, 0.3) is 11.6 Å². The van der Waals surface area contributed by atoms with Gasteiger partial charge in [0.15, 0.2) is 11.6 Å². The number of amides is 1. The van der Waals surface area contributed by atoms with Gasteiger partial charge in [-0.2, -0.15) is 0 Å². The second kappa shape index (κ2) is 5.15. The maximum absolute atomic E-state index is 13.2. The average Bonchev–Trinajstić information content (AvgIpc) is 3.19. The van der Waals surface area contributed by atoms with E-state index in [2.05, 4.69) is 5.32 Å². The number of hydrogen-bond acceptors (Lipinski definition) is 3. The fraction of sp³-hybridized carbons (Fsp3) is 0.462. The van der Waals surface area contributed by atoms with Crippen LogP contribution in [0.3, 0.4) is 0 Å². The molecule has 1 aliphatic rings. The van der Waals surface area contributed by atoms with Crippen LogP contribution in [0, 0.1) is 27.2 Å². The molecule has 108 valence electrons. The minimum absolute atomic E-state index is 0.0585. The first kappa shape index (κ1) is 14.4. The van der Waals surface area contributed by atoms with Gasteiger partial charge in [-0.15, -0.1) is 0 Å². The van der Waals surface area contributed by atoms with Gasteiger partial charge in [-0.05, 0) is 30.7 Å². The van der Waals surface area contributed by atoms with Crippen molar-refractivity contribution in [2.24, 2.45) is 5.41 Å². The highest BCUT2D eigenvalue weighted by Gasteiger charge is 2.41. The maximum atomic E-state index is 13.2. The molecule has 1 N–H and O–H groups in total. The lowest BCUT2D eigenvalue weighted by molar-refractivity contribution is -0.385. The van der Waals surface area contributed by atoms with Crippen LogP contribution in [0.1, 0.15) is 36.5 Å². The maximum Gasteiger partial charge on any atom is 0.285 e. The minimum atomic E-state index is -1.35. The fourth-order valence-corrected chi connectivity index (χ4v) is 2.06. The van der Waals surface area contributed by atoms with Gasteiger partial charge in [-0.25, -0.2) is 8.78 Å². The molecule has 20 heavy (non-hydrogen) atoms. The van der Waals surface area contributed by atoms with Gasteiger partial charge in [0.05, 0.1) is 11.0 Å². The first-order valence-electron chi connectivity index (χ1n) is 6.30. The molecule has 1 saturated carbocycles. The lowest BCUT2D eigenvalue weighted by Crippen LogP contribution is -2.30. The minimum Gasteiger partial charge on any atom is -0.351 e. The van der Waals surface area contributed by atoms with Crippen LogP contribution in [0.2, 0.25) is 0 Å². The Morgan fingerprint density at radius 3 is 2.50 bits per heavy atom.